The molecule has 0 aromatic heterocycles. The third-order valence-electron chi connectivity index (χ3n) is 4.17. The Hall–Kier alpha value is -0.545. The zero-order valence-corrected chi connectivity index (χ0v) is 12.9. The Bertz CT molecular complexity index is 454. The van der Waals surface area contributed by atoms with Crippen LogP contribution in [0.2, 0.25) is 5.02 Å². The summed E-state index contributed by atoms with van der Waals surface area (Å²) in [6.45, 7) is 10.0. The highest BCUT2D eigenvalue weighted by Crippen LogP contribution is 2.40. The van der Waals surface area contributed by atoms with E-state index in [1.165, 1.54) is 0 Å². The lowest BCUT2D eigenvalue weighted by Crippen LogP contribution is -2.41. The number of hydrogen-bond donors (Lipinski definition) is 1. The SMILES string of the molecule is Cc1cccc(Cl)c1C(N)B1OC(C)(C)C(C)(C)O1. The van der Waals surface area contributed by atoms with E-state index < -0.39 is 13.1 Å². The molecule has 1 aliphatic heterocycles. The minimum absolute atomic E-state index is 0.384. The van der Waals surface area contributed by atoms with E-state index in [-0.39, 0.29) is 11.2 Å². The maximum Gasteiger partial charge on any atom is 0.480 e. The number of benzene rings is 1. The Kier molecular flexibility index (Phi) is 3.73. The normalized spacial score (nSPS) is 22.6. The molecule has 104 valence electrons. The van der Waals surface area contributed by atoms with Crippen molar-refractivity contribution in [1.82, 2.24) is 0 Å². The van der Waals surface area contributed by atoms with Crippen LogP contribution in [0.1, 0.15) is 44.8 Å². The van der Waals surface area contributed by atoms with Crippen molar-refractivity contribution >= 4 is 18.7 Å². The molecule has 5 heteroatoms. The molecule has 0 radical (unpaired) electrons. The van der Waals surface area contributed by atoms with Gasteiger partial charge in [-0.15, -0.1) is 0 Å². The van der Waals surface area contributed by atoms with E-state index in [4.69, 9.17) is 26.6 Å². The first-order valence-corrected chi connectivity index (χ1v) is 6.90. The Morgan fingerprint density at radius 3 is 2.16 bits per heavy atom. The minimum atomic E-state index is -0.483. The number of rotatable bonds is 2. The van der Waals surface area contributed by atoms with Gasteiger partial charge in [-0.1, -0.05) is 23.7 Å². The van der Waals surface area contributed by atoms with Gasteiger partial charge in [0.2, 0.25) is 0 Å². The Labute approximate surface area is 120 Å². The van der Waals surface area contributed by atoms with Crippen molar-refractivity contribution in [2.24, 2.45) is 5.73 Å². The van der Waals surface area contributed by atoms with E-state index in [0.29, 0.717) is 5.02 Å². The lowest BCUT2D eigenvalue weighted by molar-refractivity contribution is 0.00578. The molecule has 19 heavy (non-hydrogen) atoms. The molecule has 1 unspecified atom stereocenters. The zero-order chi connectivity index (χ0) is 14.4. The maximum absolute atomic E-state index is 6.31. The molecule has 2 rings (SSSR count). The zero-order valence-electron chi connectivity index (χ0n) is 12.2. The van der Waals surface area contributed by atoms with Crippen LogP contribution in [-0.2, 0) is 9.31 Å². The van der Waals surface area contributed by atoms with Crippen LogP contribution < -0.4 is 5.73 Å². The fraction of sp³-hybridized carbons (Fsp3) is 0.571. The predicted molar refractivity (Wildman–Crippen MR) is 79.2 cm³/mol. The topological polar surface area (TPSA) is 44.5 Å². The van der Waals surface area contributed by atoms with Gasteiger partial charge in [-0.05, 0) is 51.8 Å². The third kappa shape index (κ3) is 2.55. The van der Waals surface area contributed by atoms with Crippen molar-refractivity contribution in [2.75, 3.05) is 0 Å². The van der Waals surface area contributed by atoms with Crippen molar-refractivity contribution in [3.05, 3.63) is 34.3 Å². The summed E-state index contributed by atoms with van der Waals surface area (Å²) in [5.41, 5.74) is 7.48. The molecule has 0 saturated carbocycles. The molecule has 0 aliphatic carbocycles. The molecule has 3 nitrogen and oxygen atoms in total. The fourth-order valence-corrected chi connectivity index (χ4v) is 2.59. The van der Waals surface area contributed by atoms with Crippen LogP contribution in [0.25, 0.3) is 0 Å². The highest BCUT2D eigenvalue weighted by molar-refractivity contribution is 6.48. The van der Waals surface area contributed by atoms with Gasteiger partial charge in [0.25, 0.3) is 0 Å². The average Bonchev–Trinajstić information content (AvgIpc) is 2.47. The first-order chi connectivity index (χ1) is 8.66. The van der Waals surface area contributed by atoms with E-state index in [9.17, 15) is 0 Å². The predicted octanol–water partition coefficient (Wildman–Crippen LogP) is 3.28. The second-order valence-corrected chi connectivity index (χ2v) is 6.53. The Balaban J connectivity index is 2.30. The van der Waals surface area contributed by atoms with E-state index in [2.05, 4.69) is 0 Å². The minimum Gasteiger partial charge on any atom is -0.402 e. The molecular formula is C14H21BClNO2. The van der Waals surface area contributed by atoms with Crippen LogP contribution in [0.3, 0.4) is 0 Å². The lowest BCUT2D eigenvalue weighted by Gasteiger charge is -2.32. The van der Waals surface area contributed by atoms with Gasteiger partial charge >= 0.3 is 7.12 Å². The molecule has 0 spiro atoms. The van der Waals surface area contributed by atoms with Gasteiger partial charge in [-0.25, -0.2) is 0 Å². The smallest absolute Gasteiger partial charge is 0.402 e. The Morgan fingerprint density at radius 1 is 1.16 bits per heavy atom. The molecule has 1 aliphatic rings. The maximum atomic E-state index is 6.31. The highest BCUT2D eigenvalue weighted by atomic mass is 35.5. The number of halogens is 1. The molecule has 1 saturated heterocycles. The van der Waals surface area contributed by atoms with Crippen LogP contribution in [-0.4, -0.2) is 18.3 Å². The summed E-state index contributed by atoms with van der Waals surface area (Å²) in [4.78, 5) is 0. The summed E-state index contributed by atoms with van der Waals surface area (Å²) in [7, 11) is -0.483. The molecule has 2 N–H and O–H groups in total. The fourth-order valence-electron chi connectivity index (χ4n) is 2.24. The highest BCUT2D eigenvalue weighted by Gasteiger charge is 2.53. The summed E-state index contributed by atoms with van der Waals surface area (Å²) in [6, 6.07) is 5.75. The summed E-state index contributed by atoms with van der Waals surface area (Å²) in [5.74, 6) is -0.394. The van der Waals surface area contributed by atoms with Gasteiger partial charge in [0.05, 0.1) is 17.1 Å². The van der Waals surface area contributed by atoms with Crippen LogP contribution >= 0.6 is 11.6 Å². The summed E-state index contributed by atoms with van der Waals surface area (Å²) in [5, 5.41) is 0.655. The van der Waals surface area contributed by atoms with Gasteiger partial charge in [-0.2, -0.15) is 0 Å². The van der Waals surface area contributed by atoms with Crippen molar-refractivity contribution in [3.63, 3.8) is 0 Å². The van der Waals surface area contributed by atoms with Gasteiger partial charge in [0.15, 0.2) is 0 Å². The number of hydrogen-bond acceptors (Lipinski definition) is 3. The molecule has 0 amide bonds. The standard InChI is InChI=1S/C14H21BClNO2/c1-9-7-6-8-10(16)11(9)12(17)15-18-13(2,3)14(4,5)19-15/h6-8,12H,17H2,1-5H3. The first-order valence-electron chi connectivity index (χ1n) is 6.52. The molecular weight excluding hydrogens is 260 g/mol. The van der Waals surface area contributed by atoms with Gasteiger partial charge in [0, 0.05) is 5.02 Å². The van der Waals surface area contributed by atoms with Crippen molar-refractivity contribution in [2.45, 2.75) is 51.8 Å². The summed E-state index contributed by atoms with van der Waals surface area (Å²) < 4.78 is 12.0. The van der Waals surface area contributed by atoms with Gasteiger partial charge < -0.3 is 15.0 Å². The molecule has 1 heterocycles. The van der Waals surface area contributed by atoms with Gasteiger partial charge in [-0.3, -0.25) is 0 Å². The molecule has 0 bridgehead atoms. The molecule has 1 atom stereocenters. The first kappa shape index (κ1) is 14.9. The molecule has 1 fully saturated rings. The summed E-state index contributed by atoms with van der Waals surface area (Å²) in [6.07, 6.45) is 0. The van der Waals surface area contributed by atoms with Crippen LogP contribution in [0.4, 0.5) is 0 Å². The number of nitrogens with two attached hydrogens (primary N) is 1. The van der Waals surface area contributed by atoms with Crippen molar-refractivity contribution < 1.29 is 9.31 Å². The second kappa shape index (κ2) is 4.78. The Morgan fingerprint density at radius 2 is 1.68 bits per heavy atom. The second-order valence-electron chi connectivity index (χ2n) is 6.12. The third-order valence-corrected chi connectivity index (χ3v) is 4.50. The quantitative estimate of drug-likeness (QED) is 0.846. The van der Waals surface area contributed by atoms with E-state index >= 15 is 0 Å². The number of aryl methyl sites for hydroxylation is 1. The van der Waals surface area contributed by atoms with Crippen LogP contribution in [0.15, 0.2) is 18.2 Å². The van der Waals surface area contributed by atoms with E-state index in [1.807, 2.05) is 52.8 Å². The monoisotopic (exact) mass is 281 g/mol. The van der Waals surface area contributed by atoms with Crippen molar-refractivity contribution in [1.29, 1.82) is 0 Å². The largest absolute Gasteiger partial charge is 0.480 e. The molecule has 1 aromatic carbocycles. The van der Waals surface area contributed by atoms with Crippen LogP contribution in [0.5, 0.6) is 0 Å². The molecule has 1 aromatic rings. The van der Waals surface area contributed by atoms with Crippen molar-refractivity contribution in [3.8, 4) is 0 Å². The summed E-state index contributed by atoms with van der Waals surface area (Å²) >= 11 is 6.25. The van der Waals surface area contributed by atoms with Crippen LogP contribution in [0, 0.1) is 6.92 Å². The van der Waals surface area contributed by atoms with E-state index in [0.717, 1.165) is 11.1 Å². The average molecular weight is 282 g/mol. The lowest BCUT2D eigenvalue weighted by atomic mass is 9.73. The van der Waals surface area contributed by atoms with Gasteiger partial charge in [0.1, 0.15) is 0 Å². The van der Waals surface area contributed by atoms with E-state index in [1.54, 1.807) is 0 Å².